The van der Waals surface area contributed by atoms with Gasteiger partial charge in [-0.2, -0.15) is 10.5 Å². The Morgan fingerprint density at radius 3 is 1.00 bits per heavy atom. The molecule has 14 rings (SSSR count). The summed E-state index contributed by atoms with van der Waals surface area (Å²) < 4.78 is 9.24. The van der Waals surface area contributed by atoms with Crippen molar-refractivity contribution in [2.75, 3.05) is 0 Å². The number of aromatic nitrogens is 5. The van der Waals surface area contributed by atoms with Crippen LogP contribution in [-0.2, 0) is 0 Å². The molecule has 9 aromatic carbocycles. The lowest BCUT2D eigenvalue weighted by Crippen LogP contribution is -2.05. The minimum absolute atomic E-state index is 0.328. The molecule has 0 atom stereocenters. The second-order valence-electron chi connectivity index (χ2n) is 17.4. The summed E-state index contributed by atoms with van der Waals surface area (Å²) in [5.41, 5.74) is 13.2. The third-order valence-corrected chi connectivity index (χ3v) is 13.8. The molecule has 0 aliphatic rings. The van der Waals surface area contributed by atoms with E-state index in [0.717, 1.165) is 99.8 Å². The molecular formula is C61H35N7. The highest BCUT2D eigenvalue weighted by molar-refractivity contribution is 6.14. The Morgan fingerprint density at radius 2 is 0.618 bits per heavy atom. The molecule has 314 valence electrons. The van der Waals surface area contributed by atoms with Crippen molar-refractivity contribution >= 4 is 87.2 Å². The Labute approximate surface area is 389 Å². The molecule has 0 N–H and O–H groups in total. The van der Waals surface area contributed by atoms with Gasteiger partial charge in [-0.25, -0.2) is 4.98 Å². The molecule has 0 amide bonds. The zero-order chi connectivity index (χ0) is 45.0. The van der Waals surface area contributed by atoms with E-state index in [1.54, 1.807) is 6.07 Å². The van der Waals surface area contributed by atoms with Gasteiger partial charge in [-0.15, -0.1) is 0 Å². The highest BCUT2D eigenvalue weighted by Gasteiger charge is 2.22. The average Bonchev–Trinajstić information content (AvgIpc) is 4.13. The van der Waals surface area contributed by atoms with Crippen LogP contribution >= 0.6 is 0 Å². The molecule has 0 bridgehead atoms. The van der Waals surface area contributed by atoms with Crippen LogP contribution < -0.4 is 0 Å². The van der Waals surface area contributed by atoms with Crippen LogP contribution in [0.5, 0.6) is 0 Å². The van der Waals surface area contributed by atoms with Crippen LogP contribution in [0.3, 0.4) is 0 Å². The molecule has 0 spiro atoms. The van der Waals surface area contributed by atoms with Crippen molar-refractivity contribution in [2.24, 2.45) is 0 Å². The third-order valence-electron chi connectivity index (χ3n) is 13.8. The van der Waals surface area contributed by atoms with Crippen molar-refractivity contribution in [3.05, 3.63) is 223 Å². The van der Waals surface area contributed by atoms with Gasteiger partial charge in [0.15, 0.2) is 0 Å². The number of nitriles is 2. The zero-order valence-electron chi connectivity index (χ0n) is 36.3. The Morgan fingerprint density at radius 1 is 0.279 bits per heavy atom. The van der Waals surface area contributed by atoms with Crippen molar-refractivity contribution in [1.29, 1.82) is 10.5 Å². The van der Waals surface area contributed by atoms with E-state index in [2.05, 4.69) is 225 Å². The molecule has 0 saturated carbocycles. The van der Waals surface area contributed by atoms with E-state index in [-0.39, 0.29) is 0 Å². The van der Waals surface area contributed by atoms with E-state index in [0.29, 0.717) is 11.1 Å². The number of fused-ring (bicyclic) bond motifs is 12. The lowest BCUT2D eigenvalue weighted by Gasteiger charge is -2.15. The second-order valence-corrected chi connectivity index (χ2v) is 17.4. The van der Waals surface area contributed by atoms with Gasteiger partial charge in [0.2, 0.25) is 0 Å². The lowest BCUT2D eigenvalue weighted by atomic mass is 10.0. The molecule has 14 aromatic rings. The number of nitrogens with zero attached hydrogens (tertiary/aromatic N) is 7. The molecule has 5 heterocycles. The van der Waals surface area contributed by atoms with E-state index in [4.69, 9.17) is 4.98 Å². The number of para-hydroxylation sites is 6. The van der Waals surface area contributed by atoms with Gasteiger partial charge in [0, 0.05) is 54.5 Å². The van der Waals surface area contributed by atoms with Crippen LogP contribution in [0.2, 0.25) is 0 Å². The van der Waals surface area contributed by atoms with Gasteiger partial charge in [0.25, 0.3) is 0 Å². The first-order valence-corrected chi connectivity index (χ1v) is 22.7. The number of hydrogen-bond acceptors (Lipinski definition) is 3. The maximum atomic E-state index is 10.2. The summed E-state index contributed by atoms with van der Waals surface area (Å²) in [6.45, 7) is 0. The first-order chi connectivity index (χ1) is 33.6. The maximum absolute atomic E-state index is 10.2. The number of pyridine rings is 1. The van der Waals surface area contributed by atoms with Gasteiger partial charge >= 0.3 is 0 Å². The topological polar surface area (TPSA) is 80.2 Å². The van der Waals surface area contributed by atoms with E-state index in [9.17, 15) is 10.5 Å². The molecule has 7 heteroatoms. The number of hydrogen-bond donors (Lipinski definition) is 0. The average molecular weight is 866 g/mol. The molecule has 0 fully saturated rings. The molecule has 5 aromatic heterocycles. The summed E-state index contributed by atoms with van der Waals surface area (Å²) in [5, 5.41) is 29.4. The Kier molecular flexibility index (Phi) is 7.98. The summed E-state index contributed by atoms with van der Waals surface area (Å²) in [7, 11) is 0. The largest absolute Gasteiger partial charge is 0.309 e. The van der Waals surface area contributed by atoms with Gasteiger partial charge in [-0.05, 0) is 108 Å². The SMILES string of the molecule is N#Cc1ccc(-c2cc(-n3c4ccccc4c4cc(-n5c6ccccc6c6ccccc65)ccc43)nc(-n3c4ccccc4c4cc(-n5c6ccccc6c6ccccc65)ccc43)c2)cc1C#N. The van der Waals surface area contributed by atoms with Gasteiger partial charge < -0.3 is 9.13 Å². The van der Waals surface area contributed by atoms with Gasteiger partial charge in [-0.1, -0.05) is 115 Å². The Bertz CT molecular complexity index is 4190. The van der Waals surface area contributed by atoms with Gasteiger partial charge in [-0.3, -0.25) is 9.13 Å². The quantitative estimate of drug-likeness (QED) is 0.173. The van der Waals surface area contributed by atoms with Crippen molar-refractivity contribution in [1.82, 2.24) is 23.3 Å². The minimum atomic E-state index is 0.328. The highest BCUT2D eigenvalue weighted by atomic mass is 15.1. The molecule has 0 radical (unpaired) electrons. The van der Waals surface area contributed by atoms with E-state index < -0.39 is 0 Å². The van der Waals surface area contributed by atoms with Crippen LogP contribution in [0.4, 0.5) is 0 Å². The minimum Gasteiger partial charge on any atom is -0.309 e. The highest BCUT2D eigenvalue weighted by Crippen LogP contribution is 2.40. The predicted octanol–water partition coefficient (Wildman–Crippen LogP) is 14.9. The second kappa shape index (κ2) is 14.4. The van der Waals surface area contributed by atoms with E-state index >= 15 is 0 Å². The molecule has 7 nitrogen and oxygen atoms in total. The molecule has 0 aliphatic carbocycles. The summed E-state index contributed by atoms with van der Waals surface area (Å²) in [5.74, 6) is 1.45. The van der Waals surface area contributed by atoms with Crippen LogP contribution in [-0.4, -0.2) is 23.3 Å². The van der Waals surface area contributed by atoms with E-state index in [1.165, 1.54) is 21.5 Å². The third kappa shape index (κ3) is 5.36. The normalized spacial score (nSPS) is 11.8. The summed E-state index contributed by atoms with van der Waals surface area (Å²) in [6, 6.07) is 79.1. The molecule has 0 aliphatic heterocycles. The van der Waals surface area contributed by atoms with E-state index in [1.807, 2.05) is 12.1 Å². The van der Waals surface area contributed by atoms with Crippen LogP contribution in [0.25, 0.3) is 121 Å². The first kappa shape index (κ1) is 37.7. The monoisotopic (exact) mass is 865 g/mol. The Hall–Kier alpha value is -9.69. The first-order valence-electron chi connectivity index (χ1n) is 22.7. The lowest BCUT2D eigenvalue weighted by molar-refractivity contribution is 1.01. The van der Waals surface area contributed by atoms with Crippen molar-refractivity contribution in [3.8, 4) is 46.3 Å². The number of benzene rings is 9. The maximum Gasteiger partial charge on any atom is 0.140 e. The van der Waals surface area contributed by atoms with Crippen LogP contribution in [0.1, 0.15) is 11.1 Å². The fourth-order valence-electron chi connectivity index (χ4n) is 10.9. The smallest absolute Gasteiger partial charge is 0.140 e. The van der Waals surface area contributed by atoms with Crippen molar-refractivity contribution in [2.45, 2.75) is 0 Å². The standard InChI is InChI=1S/C61H35N7/c62-36-39-26-25-38(31-41(39)37-63)40-32-60(67-56-23-11-5-17-48(56)50-34-42(27-29-58(50)67)65-52-19-7-1-13-44(52)45-14-2-8-20-53(45)65)64-61(33-40)68-57-24-12-6-18-49(57)51-35-43(28-30-59(51)68)66-54-21-9-3-15-46(54)47-16-4-10-22-55(47)66/h1-35H. The molecule has 0 saturated heterocycles. The fraction of sp³-hybridized carbons (Fsp3) is 0. The molecule has 68 heavy (non-hydrogen) atoms. The Balaban J connectivity index is 1.03. The zero-order valence-corrected chi connectivity index (χ0v) is 36.3. The summed E-state index contributed by atoms with van der Waals surface area (Å²) in [6.07, 6.45) is 0. The van der Waals surface area contributed by atoms with Gasteiger partial charge in [0.1, 0.15) is 23.8 Å². The molecular weight excluding hydrogens is 831 g/mol. The van der Waals surface area contributed by atoms with Crippen LogP contribution in [0.15, 0.2) is 212 Å². The van der Waals surface area contributed by atoms with Gasteiger partial charge in [0.05, 0.1) is 55.3 Å². The predicted molar refractivity (Wildman–Crippen MR) is 276 cm³/mol. The summed E-state index contributed by atoms with van der Waals surface area (Å²) >= 11 is 0. The number of rotatable bonds is 5. The van der Waals surface area contributed by atoms with Crippen molar-refractivity contribution in [3.63, 3.8) is 0 Å². The fourth-order valence-corrected chi connectivity index (χ4v) is 10.9. The van der Waals surface area contributed by atoms with Crippen molar-refractivity contribution < 1.29 is 0 Å². The van der Waals surface area contributed by atoms with Crippen LogP contribution in [0, 0.1) is 22.7 Å². The summed E-state index contributed by atoms with van der Waals surface area (Å²) in [4.78, 5) is 5.63. The molecule has 0 unspecified atom stereocenters.